The number of hydrogen-bond donors (Lipinski definition) is 3. The van der Waals surface area contributed by atoms with Crippen molar-refractivity contribution in [1.82, 2.24) is 5.32 Å². The van der Waals surface area contributed by atoms with Crippen LogP contribution in [0.5, 0.6) is 0 Å². The van der Waals surface area contributed by atoms with Gasteiger partial charge >= 0.3 is 0 Å². The molecular formula is C19H27N3O. The molecule has 0 heterocycles. The molecule has 3 aliphatic rings. The molecule has 3 fully saturated rings. The third-order valence-corrected chi connectivity index (χ3v) is 6.58. The molecule has 124 valence electrons. The van der Waals surface area contributed by atoms with Crippen LogP contribution in [0.2, 0.25) is 0 Å². The smallest absolute Gasteiger partial charge is 0.251 e. The molecule has 4 rings (SSSR count). The van der Waals surface area contributed by atoms with Gasteiger partial charge in [-0.2, -0.15) is 0 Å². The van der Waals surface area contributed by atoms with Gasteiger partial charge in [0.25, 0.3) is 5.91 Å². The zero-order valence-corrected chi connectivity index (χ0v) is 13.8. The molecule has 3 bridgehead atoms. The van der Waals surface area contributed by atoms with E-state index >= 15 is 0 Å². The Labute approximate surface area is 138 Å². The summed E-state index contributed by atoms with van der Waals surface area (Å²) in [4.78, 5) is 12.8. The highest BCUT2D eigenvalue weighted by Crippen LogP contribution is 2.54. The van der Waals surface area contributed by atoms with E-state index in [-0.39, 0.29) is 23.5 Å². The number of amides is 1. The Morgan fingerprint density at radius 3 is 2.70 bits per heavy atom. The highest BCUT2D eigenvalue weighted by molar-refractivity contribution is 5.95. The van der Waals surface area contributed by atoms with E-state index in [9.17, 15) is 4.79 Å². The van der Waals surface area contributed by atoms with E-state index in [2.05, 4.69) is 5.32 Å². The standard InChI is InChI=1S/C19H27N3O/c1-11-4-2-3-5-16(11)18(23)22-17-12-6-14-7-13(17)9-19(14,21)10-15(20)8-12/h2-5,12-15,17H,6-10,20-21H2,1H3,(H,22,23)/t12-,13-,14?,15+,17?,19+/m1/s1. The van der Waals surface area contributed by atoms with Crippen molar-refractivity contribution in [3.05, 3.63) is 35.4 Å². The van der Waals surface area contributed by atoms with Crippen molar-refractivity contribution < 1.29 is 4.79 Å². The third-order valence-electron chi connectivity index (χ3n) is 6.58. The minimum Gasteiger partial charge on any atom is -0.349 e. The van der Waals surface area contributed by atoms with Crippen LogP contribution in [0.3, 0.4) is 0 Å². The summed E-state index contributed by atoms with van der Waals surface area (Å²) in [6.07, 6.45) is 5.23. The summed E-state index contributed by atoms with van der Waals surface area (Å²) in [6, 6.07) is 8.20. The van der Waals surface area contributed by atoms with Gasteiger partial charge in [0.05, 0.1) is 0 Å². The largest absolute Gasteiger partial charge is 0.349 e. The Morgan fingerprint density at radius 2 is 1.91 bits per heavy atom. The molecule has 6 atom stereocenters. The zero-order valence-electron chi connectivity index (χ0n) is 13.8. The lowest BCUT2D eigenvalue weighted by Crippen LogP contribution is -2.49. The average Bonchev–Trinajstić information content (AvgIpc) is 2.70. The molecule has 4 heteroatoms. The summed E-state index contributed by atoms with van der Waals surface area (Å²) < 4.78 is 0. The van der Waals surface area contributed by atoms with Gasteiger partial charge in [-0.05, 0) is 68.4 Å². The van der Waals surface area contributed by atoms with Crippen LogP contribution in [0.15, 0.2) is 24.3 Å². The number of carbonyl (C=O) groups excluding carboxylic acids is 1. The number of carbonyl (C=O) groups is 1. The second-order valence-electron chi connectivity index (χ2n) is 8.14. The molecule has 1 amide bonds. The third kappa shape index (κ3) is 2.48. The quantitative estimate of drug-likeness (QED) is 0.780. The number of hydrogen-bond acceptors (Lipinski definition) is 3. The molecule has 0 spiro atoms. The Kier molecular flexibility index (Phi) is 3.50. The van der Waals surface area contributed by atoms with Crippen molar-refractivity contribution in [1.29, 1.82) is 0 Å². The van der Waals surface area contributed by atoms with Crippen LogP contribution in [-0.4, -0.2) is 23.5 Å². The fourth-order valence-electron chi connectivity index (χ4n) is 5.59. The molecular weight excluding hydrogens is 286 g/mol. The SMILES string of the molecule is Cc1ccccc1C(=O)NC1[C@@H]2CC3C[C@@H]1C[C@]3(N)C[C@@H](N)C2. The van der Waals surface area contributed by atoms with E-state index < -0.39 is 0 Å². The van der Waals surface area contributed by atoms with Crippen LogP contribution < -0.4 is 16.8 Å². The number of nitrogens with two attached hydrogens (primary N) is 2. The predicted molar refractivity (Wildman–Crippen MR) is 90.9 cm³/mol. The van der Waals surface area contributed by atoms with E-state index in [4.69, 9.17) is 11.5 Å². The molecule has 0 radical (unpaired) electrons. The number of aryl methyl sites for hydroxylation is 1. The van der Waals surface area contributed by atoms with Crippen molar-refractivity contribution in [3.8, 4) is 0 Å². The number of fused-ring (bicyclic) bond motifs is 2. The summed E-state index contributed by atoms with van der Waals surface area (Å²) in [5.74, 6) is 1.65. The Hall–Kier alpha value is -1.39. The van der Waals surface area contributed by atoms with Crippen molar-refractivity contribution in [2.45, 2.75) is 56.7 Å². The van der Waals surface area contributed by atoms with Crippen LogP contribution in [0.4, 0.5) is 0 Å². The van der Waals surface area contributed by atoms with E-state index in [0.29, 0.717) is 17.8 Å². The topological polar surface area (TPSA) is 81.1 Å². The van der Waals surface area contributed by atoms with Crippen molar-refractivity contribution in [2.24, 2.45) is 29.2 Å². The maximum Gasteiger partial charge on any atom is 0.251 e. The lowest BCUT2D eigenvalue weighted by atomic mass is 9.75. The van der Waals surface area contributed by atoms with Gasteiger partial charge < -0.3 is 16.8 Å². The molecule has 3 aliphatic carbocycles. The first-order valence-corrected chi connectivity index (χ1v) is 8.87. The lowest BCUT2D eigenvalue weighted by molar-refractivity contribution is 0.0859. The van der Waals surface area contributed by atoms with E-state index in [0.717, 1.165) is 43.2 Å². The number of nitrogens with one attached hydrogen (secondary N) is 1. The van der Waals surface area contributed by atoms with Gasteiger partial charge in [0, 0.05) is 23.2 Å². The van der Waals surface area contributed by atoms with Gasteiger partial charge in [0.15, 0.2) is 0 Å². The first kappa shape index (κ1) is 15.2. The van der Waals surface area contributed by atoms with Gasteiger partial charge in [-0.15, -0.1) is 0 Å². The fourth-order valence-corrected chi connectivity index (χ4v) is 5.59. The molecule has 4 nitrogen and oxygen atoms in total. The van der Waals surface area contributed by atoms with Gasteiger partial charge in [0.2, 0.25) is 0 Å². The van der Waals surface area contributed by atoms with Crippen LogP contribution in [-0.2, 0) is 0 Å². The number of benzene rings is 1. The van der Waals surface area contributed by atoms with Crippen molar-refractivity contribution in [2.75, 3.05) is 0 Å². The van der Waals surface area contributed by atoms with Crippen molar-refractivity contribution in [3.63, 3.8) is 0 Å². The Balaban J connectivity index is 1.58. The van der Waals surface area contributed by atoms with Crippen LogP contribution >= 0.6 is 0 Å². The van der Waals surface area contributed by atoms with Gasteiger partial charge in [0.1, 0.15) is 0 Å². The highest BCUT2D eigenvalue weighted by atomic mass is 16.1. The normalized spacial score (nSPS) is 41.6. The minimum atomic E-state index is -0.0963. The van der Waals surface area contributed by atoms with Crippen LogP contribution in [0, 0.1) is 24.7 Å². The molecule has 23 heavy (non-hydrogen) atoms. The van der Waals surface area contributed by atoms with Crippen molar-refractivity contribution >= 4 is 5.91 Å². The summed E-state index contributed by atoms with van der Waals surface area (Å²) >= 11 is 0. The maximum atomic E-state index is 12.8. The zero-order chi connectivity index (χ0) is 16.2. The Bertz CT molecular complexity index is 631. The summed E-state index contributed by atoms with van der Waals surface area (Å²) in [5, 5.41) is 3.35. The second kappa shape index (κ2) is 5.32. The van der Waals surface area contributed by atoms with Crippen LogP contribution in [0.25, 0.3) is 0 Å². The van der Waals surface area contributed by atoms with E-state index in [1.54, 1.807) is 0 Å². The molecule has 2 unspecified atom stereocenters. The average molecular weight is 313 g/mol. The second-order valence-corrected chi connectivity index (χ2v) is 8.14. The molecule has 3 saturated carbocycles. The van der Waals surface area contributed by atoms with Crippen LogP contribution in [0.1, 0.15) is 48.0 Å². The summed E-state index contributed by atoms with van der Waals surface area (Å²) in [7, 11) is 0. The molecule has 1 aromatic carbocycles. The Morgan fingerprint density at radius 1 is 1.17 bits per heavy atom. The van der Waals surface area contributed by atoms with E-state index in [1.807, 2.05) is 31.2 Å². The first-order chi connectivity index (χ1) is 11.0. The minimum absolute atomic E-state index is 0.0558. The maximum absolute atomic E-state index is 12.8. The van der Waals surface area contributed by atoms with Gasteiger partial charge in [-0.3, -0.25) is 4.79 Å². The molecule has 5 N–H and O–H groups in total. The monoisotopic (exact) mass is 313 g/mol. The fraction of sp³-hybridized carbons (Fsp3) is 0.632. The summed E-state index contributed by atoms with van der Waals surface area (Å²) in [6.45, 7) is 1.99. The molecule has 1 aromatic rings. The van der Waals surface area contributed by atoms with E-state index in [1.165, 1.54) is 0 Å². The molecule has 0 saturated heterocycles. The first-order valence-electron chi connectivity index (χ1n) is 8.87. The van der Waals surface area contributed by atoms with Gasteiger partial charge in [-0.25, -0.2) is 0 Å². The van der Waals surface area contributed by atoms with Gasteiger partial charge in [-0.1, -0.05) is 18.2 Å². The molecule has 0 aliphatic heterocycles. The predicted octanol–water partition coefficient (Wildman–Crippen LogP) is 1.96. The lowest BCUT2D eigenvalue weighted by Gasteiger charge is -2.37. The summed E-state index contributed by atoms with van der Waals surface area (Å²) in [5.41, 5.74) is 14.7. The molecule has 0 aromatic heterocycles. The highest BCUT2D eigenvalue weighted by Gasteiger charge is 2.55. The number of rotatable bonds is 2.